The highest BCUT2D eigenvalue weighted by atomic mass is 19.1. The van der Waals surface area contributed by atoms with E-state index >= 15 is 0 Å². The molecule has 1 aliphatic carbocycles. The fourth-order valence-electron chi connectivity index (χ4n) is 2.81. The molecule has 0 aromatic heterocycles. The van der Waals surface area contributed by atoms with Gasteiger partial charge in [0.1, 0.15) is 17.0 Å². The molecule has 1 aliphatic rings. The number of hydrogen-bond donors (Lipinski definition) is 2. The molecule has 136 valence electrons. The Morgan fingerprint density at radius 3 is 2.42 bits per heavy atom. The number of carbonyl (C=O) groups excluding carboxylic acids is 2. The molecule has 0 heterocycles. The third kappa shape index (κ3) is 3.85. The first-order valence-electron chi connectivity index (χ1n) is 8.52. The topological polar surface area (TPSA) is 67.4 Å². The predicted molar refractivity (Wildman–Crippen MR) is 96.4 cm³/mol. The Bertz CT molecular complexity index is 801. The highest BCUT2D eigenvalue weighted by molar-refractivity contribution is 6.13. The first kappa shape index (κ1) is 17.9. The van der Waals surface area contributed by atoms with Gasteiger partial charge in [0, 0.05) is 6.54 Å². The number of rotatable bonds is 7. The summed E-state index contributed by atoms with van der Waals surface area (Å²) in [4.78, 5) is 25.1. The number of anilines is 1. The molecule has 26 heavy (non-hydrogen) atoms. The van der Waals surface area contributed by atoms with E-state index in [1.54, 1.807) is 30.3 Å². The molecule has 1 fully saturated rings. The van der Waals surface area contributed by atoms with Crippen LogP contribution in [0, 0.1) is 11.2 Å². The maximum absolute atomic E-state index is 12.9. The van der Waals surface area contributed by atoms with Crippen molar-refractivity contribution in [1.82, 2.24) is 5.32 Å². The molecule has 0 spiro atoms. The molecule has 6 heteroatoms. The molecule has 0 unspecified atom stereocenters. The molecule has 5 nitrogen and oxygen atoms in total. The fourth-order valence-corrected chi connectivity index (χ4v) is 2.81. The minimum absolute atomic E-state index is 0.271. The van der Waals surface area contributed by atoms with E-state index < -0.39 is 5.41 Å². The second-order valence-electron chi connectivity index (χ2n) is 6.37. The number of ether oxygens (including phenoxy) is 1. The number of para-hydroxylation sites is 2. The van der Waals surface area contributed by atoms with Gasteiger partial charge in [-0.1, -0.05) is 24.3 Å². The van der Waals surface area contributed by atoms with Crippen molar-refractivity contribution in [2.24, 2.45) is 5.41 Å². The largest absolute Gasteiger partial charge is 0.495 e. The van der Waals surface area contributed by atoms with Gasteiger partial charge < -0.3 is 15.4 Å². The van der Waals surface area contributed by atoms with Crippen LogP contribution in [-0.4, -0.2) is 25.5 Å². The van der Waals surface area contributed by atoms with Crippen LogP contribution in [0.2, 0.25) is 0 Å². The van der Waals surface area contributed by atoms with Crippen molar-refractivity contribution >= 4 is 17.5 Å². The van der Waals surface area contributed by atoms with Gasteiger partial charge in [-0.25, -0.2) is 4.39 Å². The minimum atomic E-state index is -1.01. The molecule has 2 aromatic carbocycles. The maximum atomic E-state index is 12.9. The smallest absolute Gasteiger partial charge is 0.240 e. The normalized spacial score (nSPS) is 14.4. The van der Waals surface area contributed by atoms with E-state index in [9.17, 15) is 14.0 Å². The second kappa shape index (κ2) is 7.56. The van der Waals surface area contributed by atoms with Crippen LogP contribution in [0.5, 0.6) is 5.75 Å². The van der Waals surface area contributed by atoms with E-state index in [4.69, 9.17) is 4.74 Å². The molecular weight excluding hydrogens is 335 g/mol. The van der Waals surface area contributed by atoms with Crippen LogP contribution in [0.15, 0.2) is 48.5 Å². The summed E-state index contributed by atoms with van der Waals surface area (Å²) in [5.41, 5.74) is 0.462. The Hall–Kier alpha value is -2.89. The molecule has 0 atom stereocenters. The third-order valence-corrected chi connectivity index (χ3v) is 4.59. The van der Waals surface area contributed by atoms with E-state index in [0.717, 1.165) is 5.56 Å². The average Bonchev–Trinajstić information content (AvgIpc) is 3.46. The summed E-state index contributed by atoms with van der Waals surface area (Å²) >= 11 is 0. The van der Waals surface area contributed by atoms with Gasteiger partial charge in [-0.2, -0.15) is 0 Å². The van der Waals surface area contributed by atoms with Gasteiger partial charge in [-0.05, 0) is 49.1 Å². The van der Waals surface area contributed by atoms with E-state index in [2.05, 4.69) is 10.6 Å². The Labute approximate surface area is 151 Å². The summed E-state index contributed by atoms with van der Waals surface area (Å²) in [6, 6.07) is 13.2. The van der Waals surface area contributed by atoms with Crippen molar-refractivity contribution in [2.75, 3.05) is 19.0 Å². The Morgan fingerprint density at radius 2 is 1.77 bits per heavy atom. The maximum Gasteiger partial charge on any atom is 0.240 e. The van der Waals surface area contributed by atoms with Crippen molar-refractivity contribution in [3.05, 3.63) is 59.9 Å². The standard InChI is InChI=1S/C20H21FN2O3/c1-26-17-5-3-2-4-16(17)23-19(25)20(11-12-20)18(24)22-13-10-14-6-8-15(21)9-7-14/h2-9H,10-13H2,1H3,(H,22,24)(H,23,25). The lowest BCUT2D eigenvalue weighted by Crippen LogP contribution is -2.40. The van der Waals surface area contributed by atoms with Crippen molar-refractivity contribution in [3.63, 3.8) is 0 Å². The van der Waals surface area contributed by atoms with Gasteiger partial charge in [-0.15, -0.1) is 0 Å². The Morgan fingerprint density at radius 1 is 1.08 bits per heavy atom. The number of benzene rings is 2. The van der Waals surface area contributed by atoms with Gasteiger partial charge in [0.05, 0.1) is 12.8 Å². The van der Waals surface area contributed by atoms with Crippen molar-refractivity contribution in [3.8, 4) is 5.75 Å². The van der Waals surface area contributed by atoms with Gasteiger partial charge in [0.2, 0.25) is 11.8 Å². The first-order chi connectivity index (χ1) is 12.5. The van der Waals surface area contributed by atoms with Crippen molar-refractivity contribution in [2.45, 2.75) is 19.3 Å². The SMILES string of the molecule is COc1ccccc1NC(=O)C1(C(=O)NCCc2ccc(F)cc2)CC1. The van der Waals surface area contributed by atoms with Crippen molar-refractivity contribution in [1.29, 1.82) is 0 Å². The number of halogens is 1. The van der Waals surface area contributed by atoms with Crippen LogP contribution < -0.4 is 15.4 Å². The molecular formula is C20H21FN2O3. The van der Waals surface area contributed by atoms with E-state index in [-0.39, 0.29) is 17.6 Å². The van der Waals surface area contributed by atoms with Gasteiger partial charge in [0.15, 0.2) is 0 Å². The first-order valence-corrected chi connectivity index (χ1v) is 8.52. The number of carbonyl (C=O) groups is 2. The quantitative estimate of drug-likeness (QED) is 0.750. The summed E-state index contributed by atoms with van der Waals surface area (Å²) in [5, 5.41) is 5.61. The second-order valence-corrected chi connectivity index (χ2v) is 6.37. The average molecular weight is 356 g/mol. The van der Waals surface area contributed by atoms with E-state index in [0.29, 0.717) is 37.2 Å². The lowest BCUT2D eigenvalue weighted by Gasteiger charge is -2.16. The molecule has 3 rings (SSSR count). The summed E-state index contributed by atoms with van der Waals surface area (Å²) in [6.07, 6.45) is 1.63. The number of nitrogens with one attached hydrogen (secondary N) is 2. The third-order valence-electron chi connectivity index (χ3n) is 4.59. The monoisotopic (exact) mass is 356 g/mol. The van der Waals surface area contributed by atoms with Crippen molar-refractivity contribution < 1.29 is 18.7 Å². The zero-order valence-corrected chi connectivity index (χ0v) is 14.5. The zero-order chi connectivity index (χ0) is 18.6. The fraction of sp³-hybridized carbons (Fsp3) is 0.300. The number of methoxy groups -OCH3 is 1. The summed E-state index contributed by atoms with van der Waals surface area (Å²) in [5.74, 6) is -0.329. The minimum Gasteiger partial charge on any atom is -0.495 e. The summed E-state index contributed by atoms with van der Waals surface area (Å²) < 4.78 is 18.1. The summed E-state index contributed by atoms with van der Waals surface area (Å²) in [7, 11) is 1.53. The predicted octanol–water partition coefficient (Wildman–Crippen LogP) is 2.91. The lowest BCUT2D eigenvalue weighted by atomic mass is 10.0. The van der Waals surface area contributed by atoms with Gasteiger partial charge in [0.25, 0.3) is 0 Å². The molecule has 2 amide bonds. The molecule has 2 aromatic rings. The zero-order valence-electron chi connectivity index (χ0n) is 14.5. The number of hydrogen-bond acceptors (Lipinski definition) is 3. The van der Waals surface area contributed by atoms with Crippen LogP contribution in [0.25, 0.3) is 0 Å². The molecule has 0 aliphatic heterocycles. The highest BCUT2D eigenvalue weighted by Gasteiger charge is 2.56. The van der Waals surface area contributed by atoms with Gasteiger partial charge >= 0.3 is 0 Å². The molecule has 0 radical (unpaired) electrons. The van der Waals surface area contributed by atoms with Crippen LogP contribution in [0.4, 0.5) is 10.1 Å². The molecule has 2 N–H and O–H groups in total. The van der Waals surface area contributed by atoms with Crippen LogP contribution in [-0.2, 0) is 16.0 Å². The van der Waals surface area contributed by atoms with Crippen LogP contribution in [0.1, 0.15) is 18.4 Å². The van der Waals surface area contributed by atoms with E-state index in [1.165, 1.54) is 19.2 Å². The molecule has 1 saturated carbocycles. The Kier molecular flexibility index (Phi) is 5.21. The van der Waals surface area contributed by atoms with Crippen LogP contribution >= 0.6 is 0 Å². The molecule has 0 saturated heterocycles. The Balaban J connectivity index is 1.56. The molecule has 0 bridgehead atoms. The highest BCUT2D eigenvalue weighted by Crippen LogP contribution is 2.47. The van der Waals surface area contributed by atoms with Gasteiger partial charge in [-0.3, -0.25) is 9.59 Å². The summed E-state index contributed by atoms with van der Waals surface area (Å²) in [6.45, 7) is 0.397. The van der Waals surface area contributed by atoms with Crippen LogP contribution in [0.3, 0.4) is 0 Å². The lowest BCUT2D eigenvalue weighted by molar-refractivity contribution is -0.134. The van der Waals surface area contributed by atoms with E-state index in [1.807, 2.05) is 6.07 Å². The number of amides is 2.